The van der Waals surface area contributed by atoms with Crippen molar-refractivity contribution in [3.05, 3.63) is 36.0 Å². The van der Waals surface area contributed by atoms with Gasteiger partial charge in [0.2, 0.25) is 0 Å². The van der Waals surface area contributed by atoms with E-state index >= 15 is 0 Å². The summed E-state index contributed by atoms with van der Waals surface area (Å²) in [7, 11) is 0. The normalized spacial score (nSPS) is 18.5. The maximum absolute atomic E-state index is 8.83. The molecule has 0 bridgehead atoms. The molecule has 2 aromatic rings. The van der Waals surface area contributed by atoms with Gasteiger partial charge in [-0.25, -0.2) is 4.98 Å². The molecule has 0 aromatic carbocycles. The van der Waals surface area contributed by atoms with Crippen molar-refractivity contribution in [3.8, 4) is 6.07 Å². The van der Waals surface area contributed by atoms with Crippen molar-refractivity contribution >= 4 is 5.82 Å². The molecule has 1 saturated heterocycles. The standard InChI is InChI=1S/C13H14N6/c1-10-13(16-4-3-15-10)18-5-2-12(9-18)19-8-11(6-14)7-17-19/h3-4,7-8,12H,2,5,9H2,1H3. The topological polar surface area (TPSA) is 70.6 Å². The van der Waals surface area contributed by atoms with Crippen LogP contribution in [0.15, 0.2) is 24.8 Å². The number of hydrogen-bond donors (Lipinski definition) is 0. The van der Waals surface area contributed by atoms with Crippen LogP contribution in [-0.2, 0) is 0 Å². The summed E-state index contributed by atoms with van der Waals surface area (Å²) < 4.78 is 1.88. The lowest BCUT2D eigenvalue weighted by Crippen LogP contribution is -2.23. The van der Waals surface area contributed by atoms with Gasteiger partial charge in [-0.1, -0.05) is 0 Å². The summed E-state index contributed by atoms with van der Waals surface area (Å²) in [5.74, 6) is 0.942. The summed E-state index contributed by atoms with van der Waals surface area (Å²) >= 11 is 0. The number of nitrogens with zero attached hydrogens (tertiary/aromatic N) is 6. The molecule has 96 valence electrons. The molecular formula is C13H14N6. The van der Waals surface area contributed by atoms with E-state index in [1.807, 2.05) is 11.6 Å². The molecule has 0 saturated carbocycles. The lowest BCUT2D eigenvalue weighted by Gasteiger charge is -2.18. The quantitative estimate of drug-likeness (QED) is 0.808. The molecule has 6 nitrogen and oxygen atoms in total. The van der Waals surface area contributed by atoms with Crippen LogP contribution in [-0.4, -0.2) is 32.8 Å². The van der Waals surface area contributed by atoms with Crippen molar-refractivity contribution < 1.29 is 0 Å². The molecular weight excluding hydrogens is 240 g/mol. The van der Waals surface area contributed by atoms with Crippen molar-refractivity contribution in [3.63, 3.8) is 0 Å². The number of nitriles is 1. The predicted molar refractivity (Wildman–Crippen MR) is 69.6 cm³/mol. The first-order valence-corrected chi connectivity index (χ1v) is 6.25. The summed E-state index contributed by atoms with van der Waals surface area (Å²) in [5, 5.41) is 13.1. The SMILES string of the molecule is Cc1nccnc1N1CCC(n2cc(C#N)cn2)C1. The third kappa shape index (κ3) is 2.15. The highest BCUT2D eigenvalue weighted by Crippen LogP contribution is 2.26. The fourth-order valence-electron chi connectivity index (χ4n) is 2.46. The Morgan fingerprint density at radius 3 is 2.95 bits per heavy atom. The van der Waals surface area contributed by atoms with Gasteiger partial charge in [-0.2, -0.15) is 10.4 Å². The van der Waals surface area contributed by atoms with Gasteiger partial charge in [-0.3, -0.25) is 9.67 Å². The van der Waals surface area contributed by atoms with Gasteiger partial charge in [-0.15, -0.1) is 0 Å². The van der Waals surface area contributed by atoms with Crippen LogP contribution in [0.4, 0.5) is 5.82 Å². The van der Waals surface area contributed by atoms with Gasteiger partial charge in [-0.05, 0) is 13.3 Å². The summed E-state index contributed by atoms with van der Waals surface area (Å²) in [6.07, 6.45) is 7.84. The monoisotopic (exact) mass is 254 g/mol. The van der Waals surface area contributed by atoms with Crippen LogP contribution in [0.1, 0.15) is 23.7 Å². The molecule has 1 aliphatic heterocycles. The Morgan fingerprint density at radius 2 is 2.21 bits per heavy atom. The summed E-state index contributed by atoms with van der Waals surface area (Å²) in [4.78, 5) is 10.9. The molecule has 0 radical (unpaired) electrons. The summed E-state index contributed by atoms with van der Waals surface area (Å²) in [5.41, 5.74) is 1.55. The number of rotatable bonds is 2. The highest BCUT2D eigenvalue weighted by atomic mass is 15.3. The van der Waals surface area contributed by atoms with Crippen LogP contribution in [0.5, 0.6) is 0 Å². The number of aryl methyl sites for hydroxylation is 1. The Morgan fingerprint density at radius 1 is 1.37 bits per heavy atom. The average molecular weight is 254 g/mol. The zero-order valence-electron chi connectivity index (χ0n) is 10.7. The molecule has 0 amide bonds. The zero-order valence-corrected chi connectivity index (χ0v) is 10.7. The highest BCUT2D eigenvalue weighted by Gasteiger charge is 2.26. The fourth-order valence-corrected chi connectivity index (χ4v) is 2.46. The highest BCUT2D eigenvalue weighted by molar-refractivity contribution is 5.43. The first-order chi connectivity index (χ1) is 9.28. The Balaban J connectivity index is 1.77. The Bertz CT molecular complexity index is 626. The van der Waals surface area contributed by atoms with Gasteiger partial charge < -0.3 is 4.90 Å². The number of anilines is 1. The Labute approximate surface area is 111 Å². The molecule has 6 heteroatoms. The van der Waals surface area contributed by atoms with E-state index in [1.165, 1.54) is 0 Å². The van der Waals surface area contributed by atoms with E-state index in [2.05, 4.69) is 26.0 Å². The van der Waals surface area contributed by atoms with E-state index < -0.39 is 0 Å². The van der Waals surface area contributed by atoms with E-state index in [4.69, 9.17) is 5.26 Å². The Hall–Kier alpha value is -2.42. The molecule has 1 atom stereocenters. The molecule has 0 aliphatic carbocycles. The first-order valence-electron chi connectivity index (χ1n) is 6.25. The van der Waals surface area contributed by atoms with E-state index in [9.17, 15) is 0 Å². The zero-order chi connectivity index (χ0) is 13.2. The molecule has 1 aliphatic rings. The third-order valence-electron chi connectivity index (χ3n) is 3.42. The second kappa shape index (κ2) is 4.69. The van der Waals surface area contributed by atoms with E-state index in [-0.39, 0.29) is 0 Å². The minimum absolute atomic E-state index is 0.295. The minimum Gasteiger partial charge on any atom is -0.353 e. The lowest BCUT2D eigenvalue weighted by atomic mass is 10.3. The van der Waals surface area contributed by atoms with Crippen molar-refractivity contribution in [2.75, 3.05) is 18.0 Å². The van der Waals surface area contributed by atoms with Crippen LogP contribution in [0.25, 0.3) is 0 Å². The predicted octanol–water partition coefficient (Wildman–Crippen LogP) is 1.30. The van der Waals surface area contributed by atoms with Crippen LogP contribution in [0.3, 0.4) is 0 Å². The largest absolute Gasteiger partial charge is 0.353 e. The lowest BCUT2D eigenvalue weighted by molar-refractivity contribution is 0.494. The Kier molecular flexibility index (Phi) is 2.88. The smallest absolute Gasteiger partial charge is 0.150 e. The van der Waals surface area contributed by atoms with Crippen molar-refractivity contribution in [2.45, 2.75) is 19.4 Å². The van der Waals surface area contributed by atoms with Gasteiger partial charge >= 0.3 is 0 Å². The van der Waals surface area contributed by atoms with Gasteiger partial charge in [0.05, 0.1) is 23.5 Å². The fraction of sp³-hybridized carbons (Fsp3) is 0.385. The number of hydrogen-bond acceptors (Lipinski definition) is 5. The summed E-state index contributed by atoms with van der Waals surface area (Å²) in [6, 6.07) is 2.40. The maximum Gasteiger partial charge on any atom is 0.150 e. The number of aromatic nitrogens is 4. The van der Waals surface area contributed by atoms with Gasteiger partial charge in [0.15, 0.2) is 0 Å². The van der Waals surface area contributed by atoms with Gasteiger partial charge in [0, 0.05) is 31.7 Å². The average Bonchev–Trinajstić information content (AvgIpc) is 3.08. The molecule has 3 rings (SSSR count). The van der Waals surface area contributed by atoms with Crippen LogP contribution in [0, 0.1) is 18.3 Å². The molecule has 0 N–H and O–H groups in total. The van der Waals surface area contributed by atoms with E-state index in [0.29, 0.717) is 11.6 Å². The van der Waals surface area contributed by atoms with Gasteiger partial charge in [0.25, 0.3) is 0 Å². The second-order valence-electron chi connectivity index (χ2n) is 4.67. The second-order valence-corrected chi connectivity index (χ2v) is 4.67. The molecule has 19 heavy (non-hydrogen) atoms. The van der Waals surface area contributed by atoms with Crippen LogP contribution in [0.2, 0.25) is 0 Å². The van der Waals surface area contributed by atoms with Crippen LogP contribution < -0.4 is 4.90 Å². The van der Waals surface area contributed by atoms with E-state index in [1.54, 1.807) is 24.8 Å². The van der Waals surface area contributed by atoms with Crippen molar-refractivity contribution in [1.82, 2.24) is 19.7 Å². The molecule has 0 spiro atoms. The van der Waals surface area contributed by atoms with E-state index in [0.717, 1.165) is 31.0 Å². The molecule has 3 heterocycles. The van der Waals surface area contributed by atoms with Crippen LogP contribution >= 0.6 is 0 Å². The molecule has 1 fully saturated rings. The third-order valence-corrected chi connectivity index (χ3v) is 3.42. The van der Waals surface area contributed by atoms with Crippen molar-refractivity contribution in [1.29, 1.82) is 5.26 Å². The molecule has 1 unspecified atom stereocenters. The minimum atomic E-state index is 0.295. The van der Waals surface area contributed by atoms with Crippen molar-refractivity contribution in [2.24, 2.45) is 0 Å². The maximum atomic E-state index is 8.83. The molecule has 2 aromatic heterocycles. The van der Waals surface area contributed by atoms with Gasteiger partial charge in [0.1, 0.15) is 11.9 Å². The summed E-state index contributed by atoms with van der Waals surface area (Å²) in [6.45, 7) is 3.76. The first kappa shape index (κ1) is 11.7.